The number of hydrogen-bond acceptors (Lipinski definition) is 2. The number of carbonyl (C=O) groups excluding carboxylic acids is 1. The van der Waals surface area contributed by atoms with Crippen LogP contribution in [0.3, 0.4) is 0 Å². The maximum atomic E-state index is 10.4. The third-order valence-electron chi connectivity index (χ3n) is 1.39. The Morgan fingerprint density at radius 2 is 2.30 bits per heavy atom. The summed E-state index contributed by atoms with van der Waals surface area (Å²) in [6.07, 6.45) is 0.772. The highest BCUT2D eigenvalue weighted by Crippen LogP contribution is 2.03. The topological polar surface area (TPSA) is 37.8 Å². The van der Waals surface area contributed by atoms with E-state index in [1.54, 1.807) is 11.7 Å². The number of aromatic nitrogens is 2. The van der Waals surface area contributed by atoms with Gasteiger partial charge in [0.1, 0.15) is 4.64 Å². The van der Waals surface area contributed by atoms with Crippen LogP contribution in [0.5, 0.6) is 0 Å². The molecule has 3 nitrogen and oxygen atoms in total. The van der Waals surface area contributed by atoms with Gasteiger partial charge in [0, 0.05) is 12.7 Å². The number of aromatic amines is 1. The van der Waals surface area contributed by atoms with Gasteiger partial charge in [0.2, 0.25) is 0 Å². The van der Waals surface area contributed by atoms with Crippen molar-refractivity contribution in [2.24, 2.45) is 7.05 Å². The molecule has 1 rings (SSSR count). The van der Waals surface area contributed by atoms with Gasteiger partial charge < -0.3 is 5.10 Å². The quantitative estimate of drug-likeness (QED) is 0.490. The number of rotatable bonds is 1. The minimum Gasteiger partial charge on any atom is -0.301 e. The van der Waals surface area contributed by atoms with Crippen molar-refractivity contribution in [3.8, 4) is 0 Å². The molecule has 0 saturated carbocycles. The zero-order valence-corrected chi connectivity index (χ0v) is 6.66. The Hall–Kier alpha value is -0.900. The first-order valence-corrected chi connectivity index (χ1v) is 3.28. The molecule has 0 bridgehead atoms. The summed E-state index contributed by atoms with van der Waals surface area (Å²) in [6, 6.07) is 0. The third-order valence-corrected chi connectivity index (χ3v) is 1.89. The molecule has 0 atom stereocenters. The lowest BCUT2D eigenvalue weighted by Gasteiger charge is -1.84. The number of aryl methyl sites for hydroxylation is 2. The van der Waals surface area contributed by atoms with Gasteiger partial charge in [-0.3, -0.25) is 9.48 Å². The van der Waals surface area contributed by atoms with Gasteiger partial charge in [-0.15, -0.1) is 0 Å². The van der Waals surface area contributed by atoms with Crippen LogP contribution >= 0.6 is 12.2 Å². The number of H-pyrrole nitrogens is 1. The Morgan fingerprint density at radius 3 is 2.50 bits per heavy atom. The van der Waals surface area contributed by atoms with E-state index in [9.17, 15) is 4.79 Å². The predicted molar refractivity (Wildman–Crippen MR) is 40.7 cm³/mol. The standard InChI is InChI=1S/C6H8N2OS/c1-4-5(3-9)6(10)8(2)7-4/h3,7H,1-2H3. The summed E-state index contributed by atoms with van der Waals surface area (Å²) < 4.78 is 2.21. The van der Waals surface area contributed by atoms with E-state index >= 15 is 0 Å². The molecule has 54 valence electrons. The van der Waals surface area contributed by atoms with E-state index in [1.807, 2.05) is 6.92 Å². The van der Waals surface area contributed by atoms with Crippen LogP contribution in [0.2, 0.25) is 0 Å². The minimum atomic E-state index is 0.563. The number of hydrogen-bond donors (Lipinski definition) is 1. The van der Waals surface area contributed by atoms with Crippen molar-refractivity contribution in [3.63, 3.8) is 0 Å². The summed E-state index contributed by atoms with van der Waals surface area (Å²) in [4.78, 5) is 10.4. The molecule has 0 aliphatic carbocycles. The van der Waals surface area contributed by atoms with Crippen LogP contribution in [0.1, 0.15) is 16.1 Å². The van der Waals surface area contributed by atoms with Gasteiger partial charge in [0.25, 0.3) is 0 Å². The van der Waals surface area contributed by atoms with Gasteiger partial charge in [0.05, 0.1) is 5.56 Å². The summed E-state index contributed by atoms with van der Waals surface area (Å²) in [5.41, 5.74) is 1.40. The highest BCUT2D eigenvalue weighted by molar-refractivity contribution is 7.71. The second-order valence-corrected chi connectivity index (χ2v) is 2.52. The lowest BCUT2D eigenvalue weighted by atomic mass is 10.3. The van der Waals surface area contributed by atoms with Gasteiger partial charge in [-0.1, -0.05) is 12.2 Å². The van der Waals surface area contributed by atoms with Crippen LogP contribution in [0, 0.1) is 11.6 Å². The van der Waals surface area contributed by atoms with Gasteiger partial charge in [-0.25, -0.2) is 0 Å². The molecule has 0 aromatic carbocycles. The van der Waals surface area contributed by atoms with Crippen LogP contribution < -0.4 is 0 Å². The summed E-state index contributed by atoms with van der Waals surface area (Å²) in [5, 5.41) is 2.91. The molecule has 1 heterocycles. The molecule has 1 aromatic rings. The third kappa shape index (κ3) is 0.903. The monoisotopic (exact) mass is 156 g/mol. The fraction of sp³-hybridized carbons (Fsp3) is 0.333. The van der Waals surface area contributed by atoms with E-state index in [-0.39, 0.29) is 0 Å². The van der Waals surface area contributed by atoms with Crippen molar-refractivity contribution in [3.05, 3.63) is 15.9 Å². The van der Waals surface area contributed by atoms with Crippen molar-refractivity contribution in [2.75, 3.05) is 0 Å². The summed E-state index contributed by atoms with van der Waals surface area (Å²) in [7, 11) is 1.78. The maximum absolute atomic E-state index is 10.4. The number of aldehydes is 1. The number of carbonyl (C=O) groups is 1. The zero-order chi connectivity index (χ0) is 7.72. The molecule has 0 radical (unpaired) electrons. The fourth-order valence-electron chi connectivity index (χ4n) is 0.842. The molecule has 1 N–H and O–H groups in total. The molecule has 1 aromatic heterocycles. The second-order valence-electron chi connectivity index (χ2n) is 2.13. The Morgan fingerprint density at radius 1 is 1.70 bits per heavy atom. The van der Waals surface area contributed by atoms with Crippen molar-refractivity contribution in [1.82, 2.24) is 9.78 Å². The van der Waals surface area contributed by atoms with E-state index in [2.05, 4.69) is 5.10 Å². The van der Waals surface area contributed by atoms with Gasteiger partial charge in [-0.2, -0.15) is 0 Å². The Balaban J connectivity index is 3.48. The van der Waals surface area contributed by atoms with Crippen LogP contribution in [0.4, 0.5) is 0 Å². The molecule has 4 heteroatoms. The molecular formula is C6H8N2OS. The molecule has 10 heavy (non-hydrogen) atoms. The molecule has 0 saturated heterocycles. The lowest BCUT2D eigenvalue weighted by molar-refractivity contribution is 0.112. The smallest absolute Gasteiger partial charge is 0.154 e. The van der Waals surface area contributed by atoms with Gasteiger partial charge in [0.15, 0.2) is 6.29 Å². The van der Waals surface area contributed by atoms with E-state index in [0.717, 1.165) is 12.0 Å². The molecule has 0 fully saturated rings. The van der Waals surface area contributed by atoms with Gasteiger partial charge in [-0.05, 0) is 6.92 Å². The Kier molecular flexibility index (Phi) is 1.72. The fourth-order valence-corrected chi connectivity index (χ4v) is 1.09. The minimum absolute atomic E-state index is 0.563. The molecular weight excluding hydrogens is 148 g/mol. The van der Waals surface area contributed by atoms with E-state index in [0.29, 0.717) is 10.2 Å². The average molecular weight is 156 g/mol. The highest BCUT2D eigenvalue weighted by Gasteiger charge is 2.02. The van der Waals surface area contributed by atoms with E-state index in [4.69, 9.17) is 12.2 Å². The first-order valence-electron chi connectivity index (χ1n) is 2.87. The van der Waals surface area contributed by atoms with E-state index < -0.39 is 0 Å². The molecule has 0 aliphatic rings. The summed E-state index contributed by atoms with van der Waals surface area (Å²) >= 11 is 4.91. The molecule has 0 amide bonds. The van der Waals surface area contributed by atoms with Gasteiger partial charge >= 0.3 is 0 Å². The maximum Gasteiger partial charge on any atom is 0.154 e. The van der Waals surface area contributed by atoms with Crippen molar-refractivity contribution in [2.45, 2.75) is 6.92 Å². The van der Waals surface area contributed by atoms with Crippen LogP contribution in [0.25, 0.3) is 0 Å². The highest BCUT2D eigenvalue weighted by atomic mass is 32.1. The second kappa shape index (κ2) is 2.38. The average Bonchev–Trinajstić information content (AvgIpc) is 2.09. The molecule has 0 aliphatic heterocycles. The van der Waals surface area contributed by atoms with Crippen molar-refractivity contribution >= 4 is 18.5 Å². The Labute approximate surface area is 63.7 Å². The molecule has 0 spiro atoms. The number of nitrogens with one attached hydrogen (secondary N) is 1. The SMILES string of the molecule is Cc1[nH]n(C)c(=S)c1C=O. The van der Waals surface area contributed by atoms with Crippen LogP contribution in [-0.4, -0.2) is 16.1 Å². The summed E-state index contributed by atoms with van der Waals surface area (Å²) in [6.45, 7) is 1.82. The Bertz CT molecular complexity index is 310. The van der Waals surface area contributed by atoms with Crippen molar-refractivity contribution in [1.29, 1.82) is 0 Å². The lowest BCUT2D eigenvalue weighted by Crippen LogP contribution is -1.88. The van der Waals surface area contributed by atoms with Crippen LogP contribution in [0.15, 0.2) is 0 Å². The largest absolute Gasteiger partial charge is 0.301 e. The summed E-state index contributed by atoms with van der Waals surface area (Å²) in [5.74, 6) is 0. The first kappa shape index (κ1) is 7.21. The number of nitrogens with zero attached hydrogens (tertiary/aromatic N) is 1. The zero-order valence-electron chi connectivity index (χ0n) is 5.84. The predicted octanol–water partition coefficient (Wildman–Crippen LogP) is 1.20. The first-order chi connectivity index (χ1) is 4.66. The normalized spacial score (nSPS) is 9.80. The van der Waals surface area contributed by atoms with Crippen molar-refractivity contribution < 1.29 is 4.79 Å². The van der Waals surface area contributed by atoms with Crippen LogP contribution in [-0.2, 0) is 7.05 Å². The molecule has 0 unspecified atom stereocenters. The van der Waals surface area contributed by atoms with E-state index in [1.165, 1.54) is 0 Å².